The monoisotopic (exact) mass is 524 g/mol. The quantitative estimate of drug-likeness (QED) is 0.545. The topological polar surface area (TPSA) is 6.48 Å². The standard InChI is InChI=1S/C20H24Br2GeN2/c1-23(2,19-13-15(5-7-17(19)21)24-9-3-10-24)20-14-16(6-8-18(20)22)25-11-4-12-25/h5-8,13-14H,3-4,9-12H2,1-2H3. The van der Waals surface area contributed by atoms with Crippen LogP contribution < -0.4 is 18.6 Å². The average Bonchev–Trinajstić information content (AvgIpc) is 2.47. The van der Waals surface area contributed by atoms with Crippen LogP contribution in [0.4, 0.5) is 11.4 Å². The second-order valence-corrected chi connectivity index (χ2v) is 18.4. The predicted octanol–water partition coefficient (Wildman–Crippen LogP) is 4.45. The van der Waals surface area contributed by atoms with Crippen molar-refractivity contribution in [3.05, 3.63) is 45.3 Å². The predicted molar refractivity (Wildman–Crippen MR) is 119 cm³/mol. The first-order chi connectivity index (χ1) is 12.0. The summed E-state index contributed by atoms with van der Waals surface area (Å²) in [6, 6.07) is 13.9. The van der Waals surface area contributed by atoms with Crippen LogP contribution in [-0.4, -0.2) is 39.4 Å². The van der Waals surface area contributed by atoms with Gasteiger partial charge in [0.15, 0.2) is 0 Å². The third-order valence-corrected chi connectivity index (χ3v) is 16.0. The van der Waals surface area contributed by atoms with Crippen LogP contribution in [0, 0.1) is 0 Å². The van der Waals surface area contributed by atoms with Gasteiger partial charge >= 0.3 is 171 Å². The van der Waals surface area contributed by atoms with Gasteiger partial charge in [0.25, 0.3) is 0 Å². The Kier molecular flexibility index (Phi) is 4.97. The Morgan fingerprint density at radius 2 is 1.12 bits per heavy atom. The molecule has 2 aromatic carbocycles. The molecule has 0 unspecified atom stereocenters. The molecule has 0 aromatic heterocycles. The zero-order chi connectivity index (χ0) is 17.6. The molecular formula is C20H24Br2GeN2. The van der Waals surface area contributed by atoms with Crippen molar-refractivity contribution in [2.45, 2.75) is 24.4 Å². The summed E-state index contributed by atoms with van der Waals surface area (Å²) in [5.41, 5.74) is 2.77. The fourth-order valence-corrected chi connectivity index (χ4v) is 14.9. The molecule has 2 nitrogen and oxygen atoms in total. The van der Waals surface area contributed by atoms with E-state index >= 15 is 0 Å². The minimum absolute atomic E-state index is 1.20. The van der Waals surface area contributed by atoms with Crippen molar-refractivity contribution in [1.82, 2.24) is 0 Å². The van der Waals surface area contributed by atoms with E-state index < -0.39 is 13.3 Å². The number of rotatable bonds is 4. The summed E-state index contributed by atoms with van der Waals surface area (Å²) >= 11 is 5.27. The molecule has 0 N–H and O–H groups in total. The second kappa shape index (κ2) is 6.93. The number of benzene rings is 2. The van der Waals surface area contributed by atoms with Crippen molar-refractivity contribution in [1.29, 1.82) is 0 Å². The number of hydrogen-bond acceptors (Lipinski definition) is 2. The van der Waals surface area contributed by atoms with Crippen LogP contribution in [0.1, 0.15) is 12.8 Å². The van der Waals surface area contributed by atoms with E-state index in [1.807, 2.05) is 0 Å². The van der Waals surface area contributed by atoms with Gasteiger partial charge in [-0.2, -0.15) is 0 Å². The van der Waals surface area contributed by atoms with E-state index in [2.05, 4.69) is 89.6 Å². The molecule has 2 aromatic rings. The Morgan fingerprint density at radius 3 is 1.44 bits per heavy atom. The normalized spacial score (nSPS) is 17.3. The summed E-state index contributed by atoms with van der Waals surface area (Å²) in [7, 11) is 0. The second-order valence-electron chi connectivity index (χ2n) is 7.63. The van der Waals surface area contributed by atoms with Gasteiger partial charge in [-0.3, -0.25) is 0 Å². The fraction of sp³-hybridized carbons (Fsp3) is 0.400. The minimum atomic E-state index is -2.43. The van der Waals surface area contributed by atoms with E-state index in [9.17, 15) is 0 Å². The third-order valence-electron chi connectivity index (χ3n) is 5.69. The Balaban J connectivity index is 1.76. The van der Waals surface area contributed by atoms with Crippen LogP contribution in [0.3, 0.4) is 0 Å². The SMILES string of the molecule is [CH3][Ge]([CH3])([c]1cc(N2CCC2)ccc1Br)[c]1cc(N2CCC2)ccc1Br. The summed E-state index contributed by atoms with van der Waals surface area (Å²) in [5, 5.41) is 0. The van der Waals surface area contributed by atoms with Crippen LogP contribution in [0.25, 0.3) is 0 Å². The molecule has 25 heavy (non-hydrogen) atoms. The van der Waals surface area contributed by atoms with Crippen LogP contribution >= 0.6 is 31.9 Å². The van der Waals surface area contributed by atoms with Crippen LogP contribution in [0.15, 0.2) is 45.3 Å². The van der Waals surface area contributed by atoms with Crippen molar-refractivity contribution in [2.24, 2.45) is 0 Å². The van der Waals surface area contributed by atoms with Crippen LogP contribution in [-0.2, 0) is 0 Å². The Labute approximate surface area is 170 Å². The molecule has 2 aliphatic rings. The molecule has 2 heterocycles. The third kappa shape index (κ3) is 3.30. The number of hydrogen-bond donors (Lipinski definition) is 0. The molecule has 0 saturated carbocycles. The molecule has 132 valence electrons. The van der Waals surface area contributed by atoms with Gasteiger partial charge in [0.05, 0.1) is 0 Å². The van der Waals surface area contributed by atoms with Gasteiger partial charge < -0.3 is 0 Å². The molecule has 0 aliphatic carbocycles. The molecule has 0 radical (unpaired) electrons. The zero-order valence-corrected chi connectivity index (χ0v) is 20.1. The molecule has 2 fully saturated rings. The molecule has 2 saturated heterocycles. The van der Waals surface area contributed by atoms with Crippen molar-refractivity contribution in [3.63, 3.8) is 0 Å². The maximum atomic E-state index is 3.85. The molecule has 0 amide bonds. The summed E-state index contributed by atoms with van der Waals surface area (Å²) in [4.78, 5) is 4.97. The van der Waals surface area contributed by atoms with Gasteiger partial charge in [-0.1, -0.05) is 0 Å². The zero-order valence-electron chi connectivity index (χ0n) is 14.9. The van der Waals surface area contributed by atoms with Crippen LogP contribution in [0.5, 0.6) is 0 Å². The summed E-state index contributed by atoms with van der Waals surface area (Å²) in [5.74, 6) is 5.03. The van der Waals surface area contributed by atoms with Gasteiger partial charge in [-0.25, -0.2) is 0 Å². The van der Waals surface area contributed by atoms with E-state index in [0.29, 0.717) is 0 Å². The molecule has 0 atom stereocenters. The van der Waals surface area contributed by atoms with Gasteiger partial charge in [0.1, 0.15) is 0 Å². The molecule has 5 heteroatoms. The maximum absolute atomic E-state index is 3.85. The van der Waals surface area contributed by atoms with Gasteiger partial charge in [-0.05, 0) is 0 Å². The molecule has 2 aliphatic heterocycles. The average molecular weight is 525 g/mol. The first-order valence-corrected chi connectivity index (χ1v) is 16.9. The Hall–Kier alpha value is -0.457. The fourth-order valence-electron chi connectivity index (χ4n) is 3.67. The number of nitrogens with zero attached hydrogens (tertiary/aromatic N) is 2. The molecule has 0 spiro atoms. The van der Waals surface area contributed by atoms with E-state index in [-0.39, 0.29) is 0 Å². The van der Waals surface area contributed by atoms with E-state index in [4.69, 9.17) is 0 Å². The van der Waals surface area contributed by atoms with Crippen molar-refractivity contribution < 1.29 is 0 Å². The van der Waals surface area contributed by atoms with Crippen molar-refractivity contribution in [2.75, 3.05) is 36.0 Å². The van der Waals surface area contributed by atoms with Crippen molar-refractivity contribution in [3.8, 4) is 0 Å². The van der Waals surface area contributed by atoms with Gasteiger partial charge in [0.2, 0.25) is 0 Å². The molecule has 4 rings (SSSR count). The number of halogens is 2. The van der Waals surface area contributed by atoms with Crippen LogP contribution in [0.2, 0.25) is 11.5 Å². The first kappa shape index (κ1) is 17.9. The Morgan fingerprint density at radius 1 is 0.720 bits per heavy atom. The van der Waals surface area contributed by atoms with Gasteiger partial charge in [-0.15, -0.1) is 0 Å². The van der Waals surface area contributed by atoms with E-state index in [0.717, 1.165) is 0 Å². The summed E-state index contributed by atoms with van der Waals surface area (Å²) in [6.45, 7) is 4.79. The summed E-state index contributed by atoms with van der Waals surface area (Å²) in [6.07, 6.45) is 2.64. The summed E-state index contributed by atoms with van der Waals surface area (Å²) < 4.78 is 5.60. The Bertz CT molecular complexity index is 733. The number of anilines is 2. The van der Waals surface area contributed by atoms with E-state index in [1.165, 1.54) is 68.1 Å². The van der Waals surface area contributed by atoms with Crippen molar-refractivity contribution >= 4 is 65.3 Å². The van der Waals surface area contributed by atoms with Gasteiger partial charge in [0, 0.05) is 0 Å². The molecule has 0 bridgehead atoms. The first-order valence-electron chi connectivity index (χ1n) is 9.07. The molecular weight excluding hydrogens is 501 g/mol. The van der Waals surface area contributed by atoms with E-state index in [1.54, 1.807) is 0 Å².